The van der Waals surface area contributed by atoms with Crippen molar-refractivity contribution in [1.82, 2.24) is 9.97 Å². The summed E-state index contributed by atoms with van der Waals surface area (Å²) in [6, 6.07) is 2.49. The highest BCUT2D eigenvalue weighted by Crippen LogP contribution is 2.29. The van der Waals surface area contributed by atoms with Crippen LogP contribution in [-0.4, -0.2) is 41.3 Å². The van der Waals surface area contributed by atoms with Gasteiger partial charge in [-0.05, 0) is 19.3 Å². The zero-order chi connectivity index (χ0) is 13.0. The number of anilines is 2. The molecule has 1 saturated carbocycles. The second-order valence-corrected chi connectivity index (χ2v) is 4.63. The van der Waals surface area contributed by atoms with Gasteiger partial charge in [0.1, 0.15) is 17.5 Å². The molecule has 0 bridgehead atoms. The fourth-order valence-corrected chi connectivity index (χ4v) is 2.21. The van der Waals surface area contributed by atoms with E-state index >= 15 is 0 Å². The molecule has 0 aliphatic heterocycles. The molecular formula is C13H22N4O. The van der Waals surface area contributed by atoms with Crippen LogP contribution in [0.25, 0.3) is 0 Å². The Hall–Kier alpha value is -1.36. The molecule has 2 rings (SSSR count). The number of rotatable bonds is 6. The minimum Gasteiger partial charge on any atom is -0.395 e. The van der Waals surface area contributed by atoms with E-state index in [1.54, 1.807) is 0 Å². The lowest BCUT2D eigenvalue weighted by atomic mass is 9.91. The van der Waals surface area contributed by atoms with Crippen molar-refractivity contribution < 1.29 is 5.11 Å². The molecular weight excluding hydrogens is 228 g/mol. The lowest BCUT2D eigenvalue weighted by molar-refractivity contribution is 0.283. The highest BCUT2D eigenvalue weighted by atomic mass is 16.3. The van der Waals surface area contributed by atoms with Gasteiger partial charge in [-0.15, -0.1) is 0 Å². The van der Waals surface area contributed by atoms with Gasteiger partial charge in [-0.2, -0.15) is 0 Å². The smallest absolute Gasteiger partial charge is 0.134 e. The van der Waals surface area contributed by atoms with Crippen molar-refractivity contribution in [1.29, 1.82) is 0 Å². The van der Waals surface area contributed by atoms with Crippen molar-refractivity contribution in [3.05, 3.63) is 11.9 Å². The fraction of sp³-hybridized carbons (Fsp3) is 0.692. The molecule has 0 unspecified atom stereocenters. The van der Waals surface area contributed by atoms with Crippen LogP contribution in [0.3, 0.4) is 0 Å². The number of aliphatic hydroxyl groups is 1. The average molecular weight is 250 g/mol. The molecule has 5 heteroatoms. The summed E-state index contributed by atoms with van der Waals surface area (Å²) in [6.07, 6.45) is 4.48. The Balaban J connectivity index is 2.26. The number of hydrogen-bond donors (Lipinski definition) is 2. The van der Waals surface area contributed by atoms with Crippen molar-refractivity contribution in [2.75, 3.05) is 30.4 Å². The summed E-state index contributed by atoms with van der Waals surface area (Å²) in [5.74, 6) is 2.63. The van der Waals surface area contributed by atoms with Crippen molar-refractivity contribution in [2.45, 2.75) is 38.6 Å². The van der Waals surface area contributed by atoms with Gasteiger partial charge in [-0.25, -0.2) is 9.97 Å². The monoisotopic (exact) mass is 250 g/mol. The van der Waals surface area contributed by atoms with Gasteiger partial charge in [0.2, 0.25) is 0 Å². The van der Waals surface area contributed by atoms with Crippen molar-refractivity contribution >= 4 is 11.6 Å². The van der Waals surface area contributed by atoms with Gasteiger partial charge in [-0.1, -0.05) is 6.92 Å². The Bertz CT molecular complexity index is 370. The Morgan fingerprint density at radius 2 is 2.22 bits per heavy atom. The predicted octanol–water partition coefficient (Wildman–Crippen LogP) is 1.43. The first-order chi connectivity index (χ1) is 8.78. The molecule has 0 atom stereocenters. The van der Waals surface area contributed by atoms with Gasteiger partial charge in [0.15, 0.2) is 0 Å². The largest absolute Gasteiger partial charge is 0.395 e. The summed E-state index contributed by atoms with van der Waals surface area (Å²) in [5, 5.41) is 12.3. The highest BCUT2D eigenvalue weighted by molar-refractivity contribution is 5.50. The quantitative estimate of drug-likeness (QED) is 0.800. The summed E-state index contributed by atoms with van der Waals surface area (Å²) in [6.45, 7) is 2.86. The molecule has 18 heavy (non-hydrogen) atoms. The molecule has 0 amide bonds. The topological polar surface area (TPSA) is 61.3 Å². The van der Waals surface area contributed by atoms with E-state index in [2.05, 4.69) is 27.1 Å². The Morgan fingerprint density at radius 3 is 2.72 bits per heavy atom. The SMILES string of the molecule is CCc1nc(NC)cc(N(CCO)C2CCC2)n1. The molecule has 5 nitrogen and oxygen atoms in total. The zero-order valence-electron chi connectivity index (χ0n) is 11.2. The van der Waals surface area contributed by atoms with E-state index in [1.807, 2.05) is 13.1 Å². The van der Waals surface area contributed by atoms with Crippen LogP contribution in [0.2, 0.25) is 0 Å². The summed E-state index contributed by atoms with van der Waals surface area (Å²) in [7, 11) is 1.87. The molecule has 100 valence electrons. The number of aliphatic hydroxyl groups excluding tert-OH is 1. The van der Waals surface area contributed by atoms with E-state index in [0.29, 0.717) is 12.6 Å². The molecule has 0 radical (unpaired) electrons. The third-order valence-electron chi connectivity index (χ3n) is 3.48. The van der Waals surface area contributed by atoms with Crippen LogP contribution in [0.15, 0.2) is 6.07 Å². The summed E-state index contributed by atoms with van der Waals surface area (Å²) >= 11 is 0. The maximum Gasteiger partial charge on any atom is 0.134 e. The molecule has 2 N–H and O–H groups in total. The van der Waals surface area contributed by atoms with Crippen LogP contribution in [0.1, 0.15) is 32.0 Å². The zero-order valence-corrected chi connectivity index (χ0v) is 11.2. The minimum atomic E-state index is 0.164. The maximum atomic E-state index is 9.22. The first kappa shape index (κ1) is 13.1. The Morgan fingerprint density at radius 1 is 1.44 bits per heavy atom. The lowest BCUT2D eigenvalue weighted by Gasteiger charge is -2.38. The van der Waals surface area contributed by atoms with Crippen LogP contribution in [0, 0.1) is 0 Å². The van der Waals surface area contributed by atoms with E-state index in [9.17, 15) is 5.11 Å². The van der Waals surface area contributed by atoms with Crippen LogP contribution < -0.4 is 10.2 Å². The molecule has 1 aromatic rings. The van der Waals surface area contributed by atoms with Crippen molar-refractivity contribution in [3.8, 4) is 0 Å². The van der Waals surface area contributed by atoms with Gasteiger partial charge in [0, 0.05) is 32.1 Å². The number of nitrogens with zero attached hydrogens (tertiary/aromatic N) is 3. The second-order valence-electron chi connectivity index (χ2n) is 4.63. The molecule has 0 spiro atoms. The Kier molecular flexibility index (Phi) is 4.36. The van der Waals surface area contributed by atoms with Crippen molar-refractivity contribution in [3.63, 3.8) is 0 Å². The van der Waals surface area contributed by atoms with E-state index in [-0.39, 0.29) is 6.61 Å². The first-order valence-corrected chi connectivity index (χ1v) is 6.71. The number of aryl methyl sites for hydroxylation is 1. The summed E-state index contributed by atoms with van der Waals surface area (Å²) in [5.41, 5.74) is 0. The van der Waals surface area contributed by atoms with E-state index < -0.39 is 0 Å². The first-order valence-electron chi connectivity index (χ1n) is 6.71. The highest BCUT2D eigenvalue weighted by Gasteiger charge is 2.26. The fourth-order valence-electron chi connectivity index (χ4n) is 2.21. The van der Waals surface area contributed by atoms with E-state index in [1.165, 1.54) is 19.3 Å². The van der Waals surface area contributed by atoms with Crippen LogP contribution in [0.5, 0.6) is 0 Å². The van der Waals surface area contributed by atoms with Gasteiger partial charge in [0.05, 0.1) is 6.61 Å². The lowest BCUT2D eigenvalue weighted by Crippen LogP contribution is -2.42. The summed E-state index contributed by atoms with van der Waals surface area (Å²) in [4.78, 5) is 11.2. The predicted molar refractivity (Wildman–Crippen MR) is 73.0 cm³/mol. The van der Waals surface area contributed by atoms with E-state index in [4.69, 9.17) is 0 Å². The maximum absolute atomic E-state index is 9.22. The van der Waals surface area contributed by atoms with Crippen molar-refractivity contribution in [2.24, 2.45) is 0 Å². The van der Waals surface area contributed by atoms with Gasteiger partial charge in [-0.3, -0.25) is 0 Å². The number of nitrogens with one attached hydrogen (secondary N) is 1. The molecule has 1 aromatic heterocycles. The number of aromatic nitrogens is 2. The molecule has 1 heterocycles. The van der Waals surface area contributed by atoms with Gasteiger partial charge < -0.3 is 15.3 Å². The Labute approximate surface area is 108 Å². The van der Waals surface area contributed by atoms with Crippen LogP contribution in [0.4, 0.5) is 11.6 Å². The van der Waals surface area contributed by atoms with Crippen LogP contribution >= 0.6 is 0 Å². The molecule has 1 aliphatic carbocycles. The van der Waals surface area contributed by atoms with Gasteiger partial charge >= 0.3 is 0 Å². The normalized spacial score (nSPS) is 15.3. The van der Waals surface area contributed by atoms with Crippen LogP contribution in [-0.2, 0) is 6.42 Å². The molecule has 1 aliphatic rings. The van der Waals surface area contributed by atoms with Gasteiger partial charge in [0.25, 0.3) is 0 Å². The standard InChI is InChI=1S/C13H22N4O/c1-3-11-15-12(14-2)9-13(16-11)17(7-8-18)10-5-4-6-10/h9-10,18H,3-8H2,1-2H3,(H,14,15,16). The summed E-state index contributed by atoms with van der Waals surface area (Å²) < 4.78 is 0. The molecule has 1 fully saturated rings. The third-order valence-corrected chi connectivity index (χ3v) is 3.48. The molecule has 0 saturated heterocycles. The minimum absolute atomic E-state index is 0.164. The number of hydrogen-bond acceptors (Lipinski definition) is 5. The second kappa shape index (κ2) is 6.00. The average Bonchev–Trinajstić information content (AvgIpc) is 2.35. The third kappa shape index (κ3) is 2.72. The van der Waals surface area contributed by atoms with E-state index in [0.717, 1.165) is 23.9 Å². The molecule has 0 aromatic carbocycles.